The number of hydrazone groups is 1. The number of furan rings is 1. The number of rotatable bonds is 6. The predicted molar refractivity (Wildman–Crippen MR) is 98.6 cm³/mol. The van der Waals surface area contributed by atoms with Crippen LogP contribution < -0.4 is 15.9 Å². The standard InChI is InChI=1S/C19H17N3O5/c1-25-18(23)17-9-7-13(27-17)11-26-16-8-6-12-4-2-3-5-14(12)15(16)10-21-22-19(20)24/h2-10H,11H2,1H3,(H3,20,22,24). The Labute approximate surface area is 154 Å². The van der Waals surface area contributed by atoms with Crippen molar-refractivity contribution in [3.63, 3.8) is 0 Å². The molecule has 0 aliphatic heterocycles. The van der Waals surface area contributed by atoms with Crippen molar-refractivity contribution in [2.45, 2.75) is 6.61 Å². The van der Waals surface area contributed by atoms with Gasteiger partial charge in [-0.25, -0.2) is 15.0 Å². The van der Waals surface area contributed by atoms with Crippen LogP contribution in [0.15, 0.2) is 58.0 Å². The van der Waals surface area contributed by atoms with E-state index in [1.54, 1.807) is 12.1 Å². The molecule has 8 nitrogen and oxygen atoms in total. The van der Waals surface area contributed by atoms with Crippen LogP contribution in [0.5, 0.6) is 5.75 Å². The van der Waals surface area contributed by atoms with E-state index < -0.39 is 12.0 Å². The van der Waals surface area contributed by atoms with Gasteiger partial charge in [0.25, 0.3) is 0 Å². The normalized spacial score (nSPS) is 10.9. The molecule has 0 aliphatic rings. The Morgan fingerprint density at radius 2 is 2.00 bits per heavy atom. The lowest BCUT2D eigenvalue weighted by atomic mass is 10.0. The van der Waals surface area contributed by atoms with E-state index in [1.807, 2.05) is 30.3 Å². The molecule has 0 fully saturated rings. The molecule has 0 saturated carbocycles. The van der Waals surface area contributed by atoms with Gasteiger partial charge in [-0.2, -0.15) is 5.10 Å². The van der Waals surface area contributed by atoms with Gasteiger partial charge < -0.3 is 19.6 Å². The second-order valence-corrected chi connectivity index (χ2v) is 5.48. The van der Waals surface area contributed by atoms with E-state index >= 15 is 0 Å². The summed E-state index contributed by atoms with van der Waals surface area (Å²) in [7, 11) is 1.28. The number of primary amides is 1. The van der Waals surface area contributed by atoms with Gasteiger partial charge in [0.15, 0.2) is 0 Å². The van der Waals surface area contributed by atoms with Crippen molar-refractivity contribution in [1.29, 1.82) is 0 Å². The molecule has 0 bridgehead atoms. The highest BCUT2D eigenvalue weighted by molar-refractivity contribution is 6.02. The van der Waals surface area contributed by atoms with Crippen LogP contribution >= 0.6 is 0 Å². The highest BCUT2D eigenvalue weighted by Gasteiger charge is 2.13. The number of ether oxygens (including phenoxy) is 2. The summed E-state index contributed by atoms with van der Waals surface area (Å²) in [6.45, 7) is 0.0966. The lowest BCUT2D eigenvalue weighted by Gasteiger charge is -2.11. The molecule has 3 N–H and O–H groups in total. The van der Waals surface area contributed by atoms with Gasteiger partial charge in [0.1, 0.15) is 18.1 Å². The SMILES string of the molecule is COC(=O)c1ccc(COc2ccc3ccccc3c2C=NNC(N)=O)o1. The Hall–Kier alpha value is -3.81. The van der Waals surface area contributed by atoms with E-state index in [2.05, 4.69) is 15.3 Å². The lowest BCUT2D eigenvalue weighted by molar-refractivity contribution is 0.0561. The van der Waals surface area contributed by atoms with Crippen LogP contribution in [-0.4, -0.2) is 25.3 Å². The van der Waals surface area contributed by atoms with Gasteiger partial charge in [-0.1, -0.05) is 30.3 Å². The minimum atomic E-state index is -0.764. The molecule has 2 aromatic carbocycles. The number of urea groups is 1. The summed E-state index contributed by atoms with van der Waals surface area (Å²) in [4.78, 5) is 22.3. The van der Waals surface area contributed by atoms with Crippen LogP contribution in [-0.2, 0) is 11.3 Å². The van der Waals surface area contributed by atoms with Crippen molar-refractivity contribution in [3.05, 3.63) is 65.6 Å². The average Bonchev–Trinajstić information content (AvgIpc) is 3.15. The maximum absolute atomic E-state index is 11.5. The van der Waals surface area contributed by atoms with Gasteiger partial charge in [-0.15, -0.1) is 0 Å². The van der Waals surface area contributed by atoms with Crippen molar-refractivity contribution in [2.75, 3.05) is 7.11 Å². The van der Waals surface area contributed by atoms with Crippen LogP contribution in [0.3, 0.4) is 0 Å². The van der Waals surface area contributed by atoms with Crippen molar-refractivity contribution in [3.8, 4) is 5.75 Å². The second kappa shape index (κ2) is 8.05. The first-order chi connectivity index (χ1) is 13.1. The summed E-state index contributed by atoms with van der Waals surface area (Å²) >= 11 is 0. The molecule has 0 unspecified atom stereocenters. The summed E-state index contributed by atoms with van der Waals surface area (Å²) in [6.07, 6.45) is 1.46. The number of hydrogen-bond acceptors (Lipinski definition) is 6. The van der Waals surface area contributed by atoms with Gasteiger partial charge in [-0.3, -0.25) is 0 Å². The molecule has 1 heterocycles. The van der Waals surface area contributed by atoms with Crippen molar-refractivity contribution in [2.24, 2.45) is 10.8 Å². The smallest absolute Gasteiger partial charge is 0.373 e. The maximum atomic E-state index is 11.5. The van der Waals surface area contributed by atoms with Crippen LogP contribution in [0, 0.1) is 0 Å². The topological polar surface area (TPSA) is 116 Å². The second-order valence-electron chi connectivity index (χ2n) is 5.48. The summed E-state index contributed by atoms with van der Waals surface area (Å²) in [5, 5.41) is 5.70. The number of hydrogen-bond donors (Lipinski definition) is 2. The number of nitrogens with two attached hydrogens (primary N) is 1. The molecule has 0 atom stereocenters. The van der Waals surface area contributed by atoms with Crippen molar-refractivity contribution < 1.29 is 23.5 Å². The quantitative estimate of drug-likeness (QED) is 0.395. The van der Waals surface area contributed by atoms with E-state index in [4.69, 9.17) is 14.9 Å². The predicted octanol–water partition coefficient (Wildman–Crippen LogP) is 2.80. The molecule has 0 radical (unpaired) electrons. The molecule has 0 spiro atoms. The summed E-state index contributed by atoms with van der Waals surface area (Å²) in [6, 6.07) is 13.8. The van der Waals surface area contributed by atoms with Crippen LogP contribution in [0.4, 0.5) is 4.79 Å². The third kappa shape index (κ3) is 4.24. The lowest BCUT2D eigenvalue weighted by Crippen LogP contribution is -2.24. The molecule has 1 aromatic heterocycles. The fourth-order valence-electron chi connectivity index (χ4n) is 2.51. The Kier molecular flexibility index (Phi) is 5.36. The number of nitrogens with zero attached hydrogens (tertiary/aromatic N) is 1. The molecule has 8 heteroatoms. The minimum Gasteiger partial charge on any atom is -0.485 e. The first-order valence-corrected chi connectivity index (χ1v) is 7.98. The molecule has 27 heavy (non-hydrogen) atoms. The zero-order valence-electron chi connectivity index (χ0n) is 14.5. The largest absolute Gasteiger partial charge is 0.485 e. The van der Waals surface area contributed by atoms with Gasteiger partial charge in [-0.05, 0) is 29.0 Å². The third-order valence-corrected chi connectivity index (χ3v) is 3.72. The summed E-state index contributed by atoms with van der Waals surface area (Å²) in [5.74, 6) is 0.529. The van der Waals surface area contributed by atoms with E-state index in [1.165, 1.54) is 19.4 Å². The minimum absolute atomic E-state index is 0.0966. The van der Waals surface area contributed by atoms with Crippen molar-refractivity contribution >= 4 is 29.0 Å². The average molecular weight is 367 g/mol. The Morgan fingerprint density at radius 3 is 2.78 bits per heavy atom. The van der Waals surface area contributed by atoms with Crippen LogP contribution in [0.1, 0.15) is 21.9 Å². The number of benzene rings is 2. The fraction of sp³-hybridized carbons (Fsp3) is 0.105. The van der Waals surface area contributed by atoms with Gasteiger partial charge in [0.05, 0.1) is 13.3 Å². The zero-order chi connectivity index (χ0) is 19.2. The summed E-state index contributed by atoms with van der Waals surface area (Å²) < 4.78 is 15.8. The Balaban J connectivity index is 1.86. The number of amides is 2. The highest BCUT2D eigenvalue weighted by atomic mass is 16.5. The molecule has 0 aliphatic carbocycles. The number of fused-ring (bicyclic) bond motifs is 1. The third-order valence-electron chi connectivity index (χ3n) is 3.72. The van der Waals surface area contributed by atoms with Crippen LogP contribution in [0.2, 0.25) is 0 Å². The summed E-state index contributed by atoms with van der Waals surface area (Å²) in [5.41, 5.74) is 7.87. The molecule has 3 aromatic rings. The maximum Gasteiger partial charge on any atom is 0.373 e. The Morgan fingerprint density at radius 1 is 1.19 bits per heavy atom. The monoisotopic (exact) mass is 367 g/mol. The first kappa shape index (κ1) is 18.0. The molecular formula is C19H17N3O5. The molecule has 138 valence electrons. The van der Waals surface area contributed by atoms with Gasteiger partial charge >= 0.3 is 12.0 Å². The first-order valence-electron chi connectivity index (χ1n) is 7.98. The fourth-order valence-corrected chi connectivity index (χ4v) is 2.51. The number of esters is 1. The van der Waals surface area contributed by atoms with E-state index in [-0.39, 0.29) is 12.4 Å². The zero-order valence-corrected chi connectivity index (χ0v) is 14.5. The molecule has 0 saturated heterocycles. The molecule has 3 rings (SSSR count). The van der Waals surface area contributed by atoms with Crippen LogP contribution in [0.25, 0.3) is 10.8 Å². The number of methoxy groups -OCH3 is 1. The van der Waals surface area contributed by atoms with E-state index in [0.29, 0.717) is 17.1 Å². The van der Waals surface area contributed by atoms with E-state index in [9.17, 15) is 9.59 Å². The number of carbonyl (C=O) groups is 2. The number of nitrogens with one attached hydrogen (secondary N) is 1. The molecule has 2 amide bonds. The van der Waals surface area contributed by atoms with Gasteiger partial charge in [0.2, 0.25) is 5.76 Å². The van der Waals surface area contributed by atoms with E-state index in [0.717, 1.165) is 10.8 Å². The number of carbonyl (C=O) groups excluding carboxylic acids is 2. The van der Waals surface area contributed by atoms with Gasteiger partial charge in [0, 0.05) is 5.56 Å². The molecular weight excluding hydrogens is 350 g/mol. The highest BCUT2D eigenvalue weighted by Crippen LogP contribution is 2.27. The Bertz CT molecular complexity index is 1010. The van der Waals surface area contributed by atoms with Crippen molar-refractivity contribution in [1.82, 2.24) is 5.43 Å².